The molecule has 0 aromatic carbocycles. The fourth-order valence-electron chi connectivity index (χ4n) is 1.25. The molecule has 0 fully saturated rings. The number of pyridine rings is 2. The highest BCUT2D eigenvalue weighted by atomic mass is 16.6. The number of hydrogen-bond donors (Lipinski definition) is 0. The average Bonchev–Trinajstić information content (AvgIpc) is 2.39. The lowest BCUT2D eigenvalue weighted by Crippen LogP contribution is -1.97. The fraction of sp³-hybridized carbons (Fsp3) is 0. The first-order valence-electron chi connectivity index (χ1n) is 4.85. The summed E-state index contributed by atoms with van der Waals surface area (Å²) in [5, 5.41) is 19.4. The molecule has 0 N–H and O–H groups in total. The smallest absolute Gasteiger partial charge is 0.406 e. The number of nitro groups is 1. The van der Waals surface area contributed by atoms with Gasteiger partial charge in [0.2, 0.25) is 11.6 Å². The standard InChI is InChI=1S/C11H6N4O3/c12-7-8-3-1-5-10(14-8)18-9-4-2-6-13-11(9)15(16)17/h1-6H. The predicted octanol–water partition coefficient (Wildman–Crippen LogP) is 2.05. The van der Waals surface area contributed by atoms with Crippen LogP contribution in [0.3, 0.4) is 0 Å². The first kappa shape index (κ1) is 11.5. The molecule has 2 aromatic rings. The molecule has 0 radical (unpaired) electrons. The summed E-state index contributed by atoms with van der Waals surface area (Å²) in [6.45, 7) is 0. The Bertz CT molecular complexity index is 636. The molecule has 18 heavy (non-hydrogen) atoms. The van der Waals surface area contributed by atoms with Crippen molar-refractivity contribution in [1.82, 2.24) is 9.97 Å². The van der Waals surface area contributed by atoms with Gasteiger partial charge < -0.3 is 14.9 Å². The number of hydrogen-bond acceptors (Lipinski definition) is 6. The maximum atomic E-state index is 10.7. The Morgan fingerprint density at radius 3 is 2.89 bits per heavy atom. The normalized spacial score (nSPS) is 9.50. The van der Waals surface area contributed by atoms with E-state index in [1.807, 2.05) is 6.07 Å². The lowest BCUT2D eigenvalue weighted by atomic mass is 10.4. The van der Waals surface area contributed by atoms with Gasteiger partial charge in [-0.25, -0.2) is 4.98 Å². The molecule has 0 spiro atoms. The van der Waals surface area contributed by atoms with Crippen LogP contribution in [-0.2, 0) is 0 Å². The third kappa shape index (κ3) is 2.38. The SMILES string of the molecule is N#Cc1cccc(Oc2cccnc2[N+](=O)[O-])n1. The summed E-state index contributed by atoms with van der Waals surface area (Å²) in [7, 11) is 0. The molecule has 0 saturated heterocycles. The van der Waals surface area contributed by atoms with Crippen molar-refractivity contribution in [2.75, 3.05) is 0 Å². The van der Waals surface area contributed by atoms with Crippen molar-refractivity contribution in [2.45, 2.75) is 0 Å². The van der Waals surface area contributed by atoms with E-state index in [0.29, 0.717) is 0 Å². The minimum Gasteiger partial charge on any atom is -0.430 e. The van der Waals surface area contributed by atoms with Gasteiger partial charge in [0.1, 0.15) is 18.0 Å². The molecular weight excluding hydrogens is 236 g/mol. The second-order valence-electron chi connectivity index (χ2n) is 3.16. The molecule has 0 saturated carbocycles. The monoisotopic (exact) mass is 242 g/mol. The van der Waals surface area contributed by atoms with Crippen molar-refractivity contribution in [3.05, 3.63) is 52.3 Å². The molecule has 0 aliphatic rings. The Hall–Kier alpha value is -3.01. The molecule has 0 unspecified atom stereocenters. The highest BCUT2D eigenvalue weighted by Gasteiger charge is 2.16. The summed E-state index contributed by atoms with van der Waals surface area (Å²) in [5.74, 6) is -0.322. The van der Waals surface area contributed by atoms with E-state index in [1.54, 1.807) is 6.07 Å². The molecule has 2 aromatic heterocycles. The van der Waals surface area contributed by atoms with Gasteiger partial charge in [0, 0.05) is 6.07 Å². The van der Waals surface area contributed by atoms with Gasteiger partial charge in [-0.2, -0.15) is 5.26 Å². The Morgan fingerprint density at radius 1 is 1.33 bits per heavy atom. The number of ether oxygens (including phenoxy) is 1. The molecule has 7 heteroatoms. The summed E-state index contributed by atoms with van der Waals surface area (Å²) < 4.78 is 5.25. The van der Waals surface area contributed by atoms with Crippen molar-refractivity contribution in [2.24, 2.45) is 0 Å². The predicted molar refractivity (Wildman–Crippen MR) is 59.9 cm³/mol. The van der Waals surface area contributed by atoms with E-state index in [9.17, 15) is 10.1 Å². The van der Waals surface area contributed by atoms with E-state index in [2.05, 4.69) is 9.97 Å². The summed E-state index contributed by atoms with van der Waals surface area (Å²) in [4.78, 5) is 17.5. The Labute approximate surface area is 101 Å². The number of nitriles is 1. The van der Waals surface area contributed by atoms with Gasteiger partial charge in [0.25, 0.3) is 0 Å². The van der Waals surface area contributed by atoms with Gasteiger partial charge in [-0.15, -0.1) is 0 Å². The second kappa shape index (κ2) is 4.88. The summed E-state index contributed by atoms with van der Waals surface area (Å²) in [6, 6.07) is 9.34. The van der Waals surface area contributed by atoms with Crippen molar-refractivity contribution in [3.8, 4) is 17.7 Å². The third-order valence-electron chi connectivity index (χ3n) is 1.98. The highest BCUT2D eigenvalue weighted by Crippen LogP contribution is 2.27. The van der Waals surface area contributed by atoms with E-state index in [-0.39, 0.29) is 17.3 Å². The largest absolute Gasteiger partial charge is 0.430 e. The Balaban J connectivity index is 2.34. The molecule has 88 valence electrons. The van der Waals surface area contributed by atoms with Crippen LogP contribution in [0.5, 0.6) is 11.6 Å². The maximum absolute atomic E-state index is 10.7. The summed E-state index contributed by atoms with van der Waals surface area (Å²) in [5.41, 5.74) is 0.166. The topological polar surface area (TPSA) is 102 Å². The van der Waals surface area contributed by atoms with Crippen LogP contribution < -0.4 is 4.74 Å². The Kier molecular flexibility index (Phi) is 3.11. The zero-order valence-corrected chi connectivity index (χ0v) is 8.98. The van der Waals surface area contributed by atoms with E-state index in [0.717, 1.165) is 0 Å². The van der Waals surface area contributed by atoms with Gasteiger partial charge in [-0.3, -0.25) is 0 Å². The van der Waals surface area contributed by atoms with Crippen molar-refractivity contribution in [3.63, 3.8) is 0 Å². The lowest BCUT2D eigenvalue weighted by molar-refractivity contribution is -0.390. The van der Waals surface area contributed by atoms with Crippen molar-refractivity contribution in [1.29, 1.82) is 5.26 Å². The second-order valence-corrected chi connectivity index (χ2v) is 3.16. The van der Waals surface area contributed by atoms with Crippen LogP contribution >= 0.6 is 0 Å². The summed E-state index contributed by atoms with van der Waals surface area (Å²) >= 11 is 0. The maximum Gasteiger partial charge on any atom is 0.406 e. The van der Waals surface area contributed by atoms with Gasteiger partial charge >= 0.3 is 5.82 Å². The van der Waals surface area contributed by atoms with E-state index in [1.165, 1.54) is 30.5 Å². The van der Waals surface area contributed by atoms with Crippen molar-refractivity contribution < 1.29 is 9.66 Å². The molecule has 0 atom stereocenters. The van der Waals surface area contributed by atoms with Crippen LogP contribution in [0.4, 0.5) is 5.82 Å². The number of aromatic nitrogens is 2. The molecular formula is C11H6N4O3. The molecule has 0 aliphatic carbocycles. The van der Waals surface area contributed by atoms with Crippen LogP contribution in [0.1, 0.15) is 5.69 Å². The van der Waals surface area contributed by atoms with Crippen LogP contribution in [-0.4, -0.2) is 14.9 Å². The van der Waals surface area contributed by atoms with Crippen LogP contribution in [0.15, 0.2) is 36.5 Å². The molecule has 0 aliphatic heterocycles. The number of rotatable bonds is 3. The minimum absolute atomic E-state index is 0.0231. The van der Waals surface area contributed by atoms with E-state index < -0.39 is 10.7 Å². The first-order chi connectivity index (χ1) is 8.70. The lowest BCUT2D eigenvalue weighted by Gasteiger charge is -2.04. The van der Waals surface area contributed by atoms with Crippen LogP contribution in [0.2, 0.25) is 0 Å². The van der Waals surface area contributed by atoms with Gasteiger partial charge in [0.15, 0.2) is 0 Å². The average molecular weight is 242 g/mol. The molecule has 2 heterocycles. The minimum atomic E-state index is -0.649. The Morgan fingerprint density at radius 2 is 2.17 bits per heavy atom. The summed E-state index contributed by atoms with van der Waals surface area (Å²) in [6.07, 6.45) is 1.30. The van der Waals surface area contributed by atoms with Gasteiger partial charge in [-0.05, 0) is 28.1 Å². The van der Waals surface area contributed by atoms with Gasteiger partial charge in [0.05, 0.1) is 0 Å². The zero-order valence-electron chi connectivity index (χ0n) is 8.98. The quantitative estimate of drug-likeness (QED) is 0.602. The fourth-order valence-corrected chi connectivity index (χ4v) is 1.25. The zero-order chi connectivity index (χ0) is 13.0. The molecule has 0 bridgehead atoms. The van der Waals surface area contributed by atoms with Crippen molar-refractivity contribution >= 4 is 5.82 Å². The van der Waals surface area contributed by atoms with Gasteiger partial charge in [-0.1, -0.05) is 6.07 Å². The van der Waals surface area contributed by atoms with E-state index >= 15 is 0 Å². The van der Waals surface area contributed by atoms with Crippen LogP contribution in [0.25, 0.3) is 0 Å². The highest BCUT2D eigenvalue weighted by molar-refractivity contribution is 5.41. The first-order valence-corrected chi connectivity index (χ1v) is 4.85. The van der Waals surface area contributed by atoms with Crippen LogP contribution in [0, 0.1) is 21.4 Å². The molecule has 2 rings (SSSR count). The molecule has 0 amide bonds. The van der Waals surface area contributed by atoms with E-state index in [4.69, 9.17) is 10.00 Å². The molecule has 7 nitrogen and oxygen atoms in total. The third-order valence-corrected chi connectivity index (χ3v) is 1.98. The number of nitrogens with zero attached hydrogens (tertiary/aromatic N) is 4.